The summed E-state index contributed by atoms with van der Waals surface area (Å²) in [7, 11) is 1.80. The van der Waals surface area contributed by atoms with E-state index in [0.29, 0.717) is 17.9 Å². The summed E-state index contributed by atoms with van der Waals surface area (Å²) in [5, 5.41) is 11.6. The molecule has 1 aromatic carbocycles. The highest BCUT2D eigenvalue weighted by Crippen LogP contribution is 2.21. The second-order valence-corrected chi connectivity index (χ2v) is 4.33. The molecule has 0 saturated heterocycles. The lowest BCUT2D eigenvalue weighted by Gasteiger charge is -2.13. The van der Waals surface area contributed by atoms with Crippen LogP contribution in [0.15, 0.2) is 18.2 Å². The fourth-order valence-electron chi connectivity index (χ4n) is 1.68. The number of nitrogens with one attached hydrogen (secondary N) is 1. The van der Waals surface area contributed by atoms with Crippen molar-refractivity contribution in [3.63, 3.8) is 0 Å². The number of aliphatic hydroxyl groups excluding tert-OH is 1. The first kappa shape index (κ1) is 14.9. The topological polar surface area (TPSA) is 41.5 Å². The van der Waals surface area contributed by atoms with Crippen LogP contribution in [0.4, 0.5) is 4.39 Å². The van der Waals surface area contributed by atoms with E-state index in [-0.39, 0.29) is 18.5 Å². The molecule has 4 heteroatoms. The molecule has 2 N–H and O–H groups in total. The minimum atomic E-state index is -0.246. The quantitative estimate of drug-likeness (QED) is 0.702. The van der Waals surface area contributed by atoms with Gasteiger partial charge in [-0.15, -0.1) is 0 Å². The van der Waals surface area contributed by atoms with Crippen molar-refractivity contribution >= 4 is 0 Å². The van der Waals surface area contributed by atoms with Gasteiger partial charge in [-0.3, -0.25) is 0 Å². The summed E-state index contributed by atoms with van der Waals surface area (Å²) in [6.07, 6.45) is 2.58. The fourth-order valence-corrected chi connectivity index (χ4v) is 1.68. The van der Waals surface area contributed by atoms with Gasteiger partial charge in [0.2, 0.25) is 0 Å². The highest BCUT2D eigenvalue weighted by Gasteiger charge is 2.09. The van der Waals surface area contributed by atoms with Crippen LogP contribution in [0.25, 0.3) is 0 Å². The standard InChI is InChI=1S/C14H22FNO2/c1-11(16-2)13-7-6-12(10-14(13)15)18-9-5-3-4-8-17/h6-7,10-11,16-17H,3-5,8-9H2,1-2H3. The minimum absolute atomic E-state index is 0.0106. The lowest BCUT2D eigenvalue weighted by molar-refractivity contribution is 0.265. The van der Waals surface area contributed by atoms with E-state index < -0.39 is 0 Å². The van der Waals surface area contributed by atoms with Crippen LogP contribution in [-0.4, -0.2) is 25.4 Å². The van der Waals surface area contributed by atoms with Gasteiger partial charge in [0.1, 0.15) is 11.6 Å². The molecule has 0 aliphatic carbocycles. The zero-order valence-electron chi connectivity index (χ0n) is 11.1. The Balaban J connectivity index is 2.46. The number of rotatable bonds is 8. The summed E-state index contributed by atoms with van der Waals surface area (Å²) < 4.78 is 19.2. The van der Waals surface area contributed by atoms with Gasteiger partial charge in [-0.05, 0) is 39.3 Å². The predicted octanol–water partition coefficient (Wildman–Crippen LogP) is 2.65. The van der Waals surface area contributed by atoms with Crippen LogP contribution >= 0.6 is 0 Å². The maximum absolute atomic E-state index is 13.8. The molecule has 18 heavy (non-hydrogen) atoms. The van der Waals surface area contributed by atoms with Crippen molar-refractivity contribution in [3.05, 3.63) is 29.6 Å². The Labute approximate surface area is 108 Å². The van der Waals surface area contributed by atoms with E-state index in [1.165, 1.54) is 6.07 Å². The molecule has 0 saturated carbocycles. The molecule has 0 radical (unpaired) electrons. The Morgan fingerprint density at radius 3 is 2.72 bits per heavy atom. The highest BCUT2D eigenvalue weighted by atomic mass is 19.1. The molecule has 0 fully saturated rings. The first-order valence-corrected chi connectivity index (χ1v) is 6.39. The molecular weight excluding hydrogens is 233 g/mol. The van der Waals surface area contributed by atoms with Gasteiger partial charge in [0.15, 0.2) is 0 Å². The van der Waals surface area contributed by atoms with E-state index in [1.54, 1.807) is 19.2 Å². The van der Waals surface area contributed by atoms with Gasteiger partial charge in [0, 0.05) is 24.3 Å². The zero-order valence-corrected chi connectivity index (χ0v) is 11.1. The summed E-state index contributed by atoms with van der Waals surface area (Å²) in [5.41, 5.74) is 0.644. The van der Waals surface area contributed by atoms with E-state index in [1.807, 2.05) is 6.92 Å². The Morgan fingerprint density at radius 2 is 2.11 bits per heavy atom. The molecule has 102 valence electrons. The summed E-state index contributed by atoms with van der Waals surface area (Å²) in [4.78, 5) is 0. The van der Waals surface area contributed by atoms with E-state index in [2.05, 4.69) is 5.32 Å². The SMILES string of the molecule is CNC(C)c1ccc(OCCCCCO)cc1F. The van der Waals surface area contributed by atoms with E-state index in [0.717, 1.165) is 19.3 Å². The zero-order chi connectivity index (χ0) is 13.4. The third kappa shape index (κ3) is 4.63. The molecule has 0 heterocycles. The van der Waals surface area contributed by atoms with Crippen LogP contribution in [-0.2, 0) is 0 Å². The van der Waals surface area contributed by atoms with Gasteiger partial charge in [-0.2, -0.15) is 0 Å². The molecule has 0 aliphatic heterocycles. The van der Waals surface area contributed by atoms with Crippen molar-refractivity contribution in [1.29, 1.82) is 0 Å². The molecule has 3 nitrogen and oxygen atoms in total. The average Bonchev–Trinajstić information content (AvgIpc) is 2.38. The molecule has 0 aromatic heterocycles. The van der Waals surface area contributed by atoms with Crippen LogP contribution in [0.5, 0.6) is 5.75 Å². The summed E-state index contributed by atoms with van der Waals surface area (Å²) in [6.45, 7) is 2.68. The van der Waals surface area contributed by atoms with Gasteiger partial charge in [-0.25, -0.2) is 4.39 Å². The monoisotopic (exact) mass is 255 g/mol. The Bertz CT molecular complexity index is 358. The Kier molecular flexibility index (Phi) is 6.68. The van der Waals surface area contributed by atoms with Crippen LogP contribution < -0.4 is 10.1 Å². The largest absolute Gasteiger partial charge is 0.493 e. The molecule has 1 rings (SSSR count). The van der Waals surface area contributed by atoms with E-state index in [9.17, 15) is 4.39 Å². The summed E-state index contributed by atoms with van der Waals surface area (Å²) in [6, 6.07) is 4.95. The van der Waals surface area contributed by atoms with Crippen LogP contribution in [0, 0.1) is 5.82 Å². The number of unbranched alkanes of at least 4 members (excludes halogenated alkanes) is 2. The van der Waals surface area contributed by atoms with Crippen molar-refractivity contribution in [2.75, 3.05) is 20.3 Å². The second kappa shape index (κ2) is 8.06. The third-order valence-electron chi connectivity index (χ3n) is 2.94. The van der Waals surface area contributed by atoms with Crippen molar-refractivity contribution in [3.8, 4) is 5.75 Å². The van der Waals surface area contributed by atoms with E-state index in [4.69, 9.17) is 9.84 Å². The Hall–Kier alpha value is -1.13. The Morgan fingerprint density at radius 1 is 1.33 bits per heavy atom. The molecule has 0 bridgehead atoms. The van der Waals surface area contributed by atoms with Gasteiger partial charge in [0.05, 0.1) is 6.61 Å². The summed E-state index contributed by atoms with van der Waals surface area (Å²) >= 11 is 0. The predicted molar refractivity (Wildman–Crippen MR) is 70.3 cm³/mol. The normalized spacial score (nSPS) is 12.4. The minimum Gasteiger partial charge on any atom is -0.493 e. The first-order valence-electron chi connectivity index (χ1n) is 6.39. The van der Waals surface area contributed by atoms with Crippen LogP contribution in [0.1, 0.15) is 37.8 Å². The van der Waals surface area contributed by atoms with Gasteiger partial charge in [-0.1, -0.05) is 6.07 Å². The molecule has 1 atom stereocenters. The second-order valence-electron chi connectivity index (χ2n) is 4.33. The first-order chi connectivity index (χ1) is 8.69. The van der Waals surface area contributed by atoms with Crippen molar-refractivity contribution in [2.24, 2.45) is 0 Å². The number of hydrogen-bond acceptors (Lipinski definition) is 3. The van der Waals surface area contributed by atoms with Gasteiger partial charge in [0.25, 0.3) is 0 Å². The van der Waals surface area contributed by atoms with E-state index >= 15 is 0 Å². The number of halogens is 1. The molecule has 0 amide bonds. The van der Waals surface area contributed by atoms with Gasteiger partial charge < -0.3 is 15.2 Å². The maximum Gasteiger partial charge on any atom is 0.131 e. The maximum atomic E-state index is 13.8. The van der Waals surface area contributed by atoms with Gasteiger partial charge >= 0.3 is 0 Å². The molecule has 1 aromatic rings. The third-order valence-corrected chi connectivity index (χ3v) is 2.94. The smallest absolute Gasteiger partial charge is 0.131 e. The van der Waals surface area contributed by atoms with Crippen molar-refractivity contribution in [2.45, 2.75) is 32.2 Å². The fraction of sp³-hybridized carbons (Fsp3) is 0.571. The molecule has 0 spiro atoms. The number of aliphatic hydroxyl groups is 1. The van der Waals surface area contributed by atoms with Crippen molar-refractivity contribution < 1.29 is 14.2 Å². The molecule has 0 aliphatic rings. The van der Waals surface area contributed by atoms with Crippen LogP contribution in [0.3, 0.4) is 0 Å². The lowest BCUT2D eigenvalue weighted by atomic mass is 10.1. The highest BCUT2D eigenvalue weighted by molar-refractivity contribution is 5.30. The van der Waals surface area contributed by atoms with Crippen molar-refractivity contribution in [1.82, 2.24) is 5.32 Å². The lowest BCUT2D eigenvalue weighted by Crippen LogP contribution is -2.13. The number of ether oxygens (including phenoxy) is 1. The van der Waals surface area contributed by atoms with Crippen LogP contribution in [0.2, 0.25) is 0 Å². The summed E-state index contributed by atoms with van der Waals surface area (Å²) in [5.74, 6) is 0.313. The molecular formula is C14H22FNO2. The number of hydrogen-bond donors (Lipinski definition) is 2. The number of benzene rings is 1. The average molecular weight is 255 g/mol. The molecule has 1 unspecified atom stereocenters.